The van der Waals surface area contributed by atoms with E-state index in [4.69, 9.17) is 5.11 Å². The third kappa shape index (κ3) is 3.28. The fraction of sp³-hybridized carbons (Fsp3) is 0.200. The lowest BCUT2D eigenvalue weighted by molar-refractivity contribution is -0.387. The lowest BCUT2D eigenvalue weighted by Crippen LogP contribution is -2.03. The first-order valence-corrected chi connectivity index (χ1v) is 5.55. The van der Waals surface area contributed by atoms with Crippen LogP contribution >= 0.6 is 11.8 Å². The van der Waals surface area contributed by atoms with E-state index in [-0.39, 0.29) is 27.7 Å². The number of benzene rings is 1. The van der Waals surface area contributed by atoms with Gasteiger partial charge in [0, 0.05) is 11.6 Å². The van der Waals surface area contributed by atoms with Crippen molar-refractivity contribution in [3.8, 4) is 0 Å². The molecule has 0 aliphatic rings. The standard InChI is InChI=1S/C10H9NO5S/c1-6(12)7-3-2-4-8(11(15)16)10(7)17-5-9(13)14/h2-4H,5H2,1H3,(H,13,14). The van der Waals surface area contributed by atoms with Crippen molar-refractivity contribution in [2.75, 3.05) is 5.75 Å². The molecule has 90 valence electrons. The predicted octanol–water partition coefficient (Wildman–Crippen LogP) is 1.97. The van der Waals surface area contributed by atoms with E-state index in [1.165, 1.54) is 25.1 Å². The third-order valence-corrected chi connectivity index (χ3v) is 3.02. The fourth-order valence-electron chi connectivity index (χ4n) is 1.23. The van der Waals surface area contributed by atoms with Crippen LogP contribution in [0.5, 0.6) is 0 Å². The lowest BCUT2D eigenvalue weighted by Gasteiger charge is -2.05. The molecular formula is C10H9NO5S. The highest BCUT2D eigenvalue weighted by Crippen LogP contribution is 2.32. The van der Waals surface area contributed by atoms with Gasteiger partial charge in [0.15, 0.2) is 5.78 Å². The van der Waals surface area contributed by atoms with Crippen molar-refractivity contribution in [2.24, 2.45) is 0 Å². The van der Waals surface area contributed by atoms with Crippen LogP contribution in [0.4, 0.5) is 5.69 Å². The summed E-state index contributed by atoms with van der Waals surface area (Å²) in [7, 11) is 0. The summed E-state index contributed by atoms with van der Waals surface area (Å²) in [6.45, 7) is 1.28. The van der Waals surface area contributed by atoms with Gasteiger partial charge in [-0.2, -0.15) is 0 Å². The van der Waals surface area contributed by atoms with Crippen molar-refractivity contribution >= 4 is 29.2 Å². The van der Waals surface area contributed by atoms with Gasteiger partial charge in [0.25, 0.3) is 5.69 Å². The van der Waals surface area contributed by atoms with Gasteiger partial charge >= 0.3 is 5.97 Å². The fourth-order valence-corrected chi connectivity index (χ4v) is 2.16. The molecule has 1 rings (SSSR count). The summed E-state index contributed by atoms with van der Waals surface area (Å²) in [5, 5.41) is 19.3. The number of Topliss-reactive ketones (excluding diaryl/α,β-unsaturated/α-hetero) is 1. The van der Waals surface area contributed by atoms with Gasteiger partial charge in [-0.1, -0.05) is 6.07 Å². The number of nitro benzene ring substituents is 1. The molecule has 1 aromatic carbocycles. The Morgan fingerprint density at radius 2 is 2.12 bits per heavy atom. The maximum atomic E-state index is 11.3. The van der Waals surface area contributed by atoms with Gasteiger partial charge in [0.2, 0.25) is 0 Å². The molecular weight excluding hydrogens is 246 g/mol. The zero-order valence-corrected chi connectivity index (χ0v) is 9.69. The average Bonchev–Trinajstić information content (AvgIpc) is 2.25. The first kappa shape index (κ1) is 13.2. The number of thioether (sulfide) groups is 1. The second-order valence-corrected chi connectivity index (χ2v) is 4.14. The molecule has 0 radical (unpaired) electrons. The maximum Gasteiger partial charge on any atom is 0.313 e. The lowest BCUT2D eigenvalue weighted by atomic mass is 10.1. The smallest absolute Gasteiger partial charge is 0.313 e. The van der Waals surface area contributed by atoms with Gasteiger partial charge in [0.05, 0.1) is 15.6 Å². The summed E-state index contributed by atoms with van der Waals surface area (Å²) in [6, 6.07) is 4.09. The molecule has 0 aliphatic heterocycles. The molecule has 0 spiro atoms. The molecule has 1 aromatic rings. The maximum absolute atomic E-state index is 11.3. The third-order valence-electron chi connectivity index (χ3n) is 1.91. The van der Waals surface area contributed by atoms with Crippen molar-refractivity contribution in [1.29, 1.82) is 0 Å². The van der Waals surface area contributed by atoms with Crippen LogP contribution in [0.15, 0.2) is 23.1 Å². The molecule has 0 aromatic heterocycles. The van der Waals surface area contributed by atoms with E-state index in [0.29, 0.717) is 0 Å². The van der Waals surface area contributed by atoms with E-state index >= 15 is 0 Å². The zero-order chi connectivity index (χ0) is 13.0. The quantitative estimate of drug-likeness (QED) is 0.374. The molecule has 0 saturated heterocycles. The minimum Gasteiger partial charge on any atom is -0.481 e. The predicted molar refractivity (Wildman–Crippen MR) is 61.5 cm³/mol. The number of ketones is 1. The number of hydrogen-bond donors (Lipinski definition) is 1. The molecule has 7 heteroatoms. The van der Waals surface area contributed by atoms with Crippen molar-refractivity contribution in [1.82, 2.24) is 0 Å². The van der Waals surface area contributed by atoms with E-state index in [1.54, 1.807) is 0 Å². The van der Waals surface area contributed by atoms with E-state index in [2.05, 4.69) is 0 Å². The minimum atomic E-state index is -1.09. The zero-order valence-electron chi connectivity index (χ0n) is 8.87. The highest BCUT2D eigenvalue weighted by Gasteiger charge is 2.20. The van der Waals surface area contributed by atoms with Crippen LogP contribution in [0.1, 0.15) is 17.3 Å². The van der Waals surface area contributed by atoms with Gasteiger partial charge in [0.1, 0.15) is 0 Å². The number of nitrogens with zero attached hydrogens (tertiary/aromatic N) is 1. The van der Waals surface area contributed by atoms with Crippen LogP contribution < -0.4 is 0 Å². The second kappa shape index (κ2) is 5.44. The summed E-state index contributed by atoms with van der Waals surface area (Å²) in [5.74, 6) is -1.75. The van der Waals surface area contributed by atoms with Crippen LogP contribution in [-0.2, 0) is 4.79 Å². The summed E-state index contributed by atoms with van der Waals surface area (Å²) >= 11 is 0.776. The van der Waals surface area contributed by atoms with E-state index < -0.39 is 10.9 Å². The van der Waals surface area contributed by atoms with Gasteiger partial charge in [-0.25, -0.2) is 0 Å². The Kier molecular flexibility index (Phi) is 4.22. The molecule has 0 amide bonds. The molecule has 0 unspecified atom stereocenters. The Morgan fingerprint density at radius 3 is 2.59 bits per heavy atom. The number of aliphatic carboxylic acids is 1. The van der Waals surface area contributed by atoms with E-state index in [9.17, 15) is 19.7 Å². The monoisotopic (exact) mass is 255 g/mol. The first-order valence-electron chi connectivity index (χ1n) is 4.56. The summed E-state index contributed by atoms with van der Waals surface area (Å²) in [5.41, 5.74) is -0.0746. The van der Waals surface area contributed by atoms with Crippen LogP contribution in [0, 0.1) is 10.1 Å². The Hall–Kier alpha value is -1.89. The van der Waals surface area contributed by atoms with E-state index in [1.807, 2.05) is 0 Å². The molecule has 0 bridgehead atoms. The van der Waals surface area contributed by atoms with Crippen molar-refractivity contribution in [2.45, 2.75) is 11.8 Å². The number of hydrogen-bond acceptors (Lipinski definition) is 5. The largest absolute Gasteiger partial charge is 0.481 e. The number of rotatable bonds is 5. The van der Waals surface area contributed by atoms with Gasteiger partial charge in [-0.05, 0) is 13.0 Å². The molecule has 0 saturated carbocycles. The number of carboxylic acid groups (broad SMARTS) is 1. The van der Waals surface area contributed by atoms with Gasteiger partial charge in [-0.3, -0.25) is 19.7 Å². The number of carbonyl (C=O) groups is 2. The van der Waals surface area contributed by atoms with Crippen LogP contribution in [0.2, 0.25) is 0 Å². The molecule has 6 nitrogen and oxygen atoms in total. The summed E-state index contributed by atoms with van der Waals surface area (Å²) in [4.78, 5) is 32.0. The van der Waals surface area contributed by atoms with Crippen LogP contribution in [0.3, 0.4) is 0 Å². The Morgan fingerprint density at radius 1 is 1.47 bits per heavy atom. The van der Waals surface area contributed by atoms with Crippen molar-refractivity contribution in [3.05, 3.63) is 33.9 Å². The highest BCUT2D eigenvalue weighted by molar-refractivity contribution is 8.00. The highest BCUT2D eigenvalue weighted by atomic mass is 32.2. The van der Waals surface area contributed by atoms with E-state index in [0.717, 1.165) is 11.8 Å². The van der Waals surface area contributed by atoms with Crippen LogP contribution in [-0.4, -0.2) is 27.5 Å². The summed E-state index contributed by atoms with van der Waals surface area (Å²) in [6.07, 6.45) is 0. The average molecular weight is 255 g/mol. The second-order valence-electron chi connectivity index (χ2n) is 3.15. The molecule has 0 aliphatic carbocycles. The van der Waals surface area contributed by atoms with Gasteiger partial charge in [-0.15, -0.1) is 11.8 Å². The first-order chi connectivity index (χ1) is 7.93. The molecule has 0 fully saturated rings. The Bertz CT molecular complexity index is 453. The number of carboxylic acids is 1. The topological polar surface area (TPSA) is 97.5 Å². The van der Waals surface area contributed by atoms with Crippen molar-refractivity contribution < 1.29 is 19.6 Å². The Labute approximate surface area is 101 Å². The molecule has 1 N–H and O–H groups in total. The summed E-state index contributed by atoms with van der Waals surface area (Å²) < 4.78 is 0. The Balaban J connectivity index is 3.23. The molecule has 0 atom stereocenters. The number of nitro groups is 1. The molecule has 0 heterocycles. The minimum absolute atomic E-state index is 0.104. The van der Waals surface area contributed by atoms with Crippen molar-refractivity contribution in [3.63, 3.8) is 0 Å². The number of carbonyl (C=O) groups excluding carboxylic acids is 1. The molecule has 17 heavy (non-hydrogen) atoms. The SMILES string of the molecule is CC(=O)c1cccc([N+](=O)[O-])c1SCC(=O)O. The normalized spacial score (nSPS) is 9.94. The van der Waals surface area contributed by atoms with Crippen LogP contribution in [0.25, 0.3) is 0 Å². The van der Waals surface area contributed by atoms with Gasteiger partial charge < -0.3 is 5.11 Å².